The monoisotopic (exact) mass is 189 g/mol. The van der Waals surface area contributed by atoms with E-state index in [1.165, 1.54) is 0 Å². The fourth-order valence-corrected chi connectivity index (χ4v) is 1.14. The predicted molar refractivity (Wildman–Crippen MR) is 50.5 cm³/mol. The van der Waals surface area contributed by atoms with E-state index in [4.69, 9.17) is 15.7 Å². The average molecular weight is 189 g/mol. The maximum Gasteiger partial charge on any atom is 0.155 e. The first-order valence-corrected chi connectivity index (χ1v) is 4.59. The van der Waals surface area contributed by atoms with Gasteiger partial charge in [-0.3, -0.25) is 4.98 Å². The first-order valence-electron chi connectivity index (χ1n) is 4.59. The zero-order valence-electron chi connectivity index (χ0n) is 7.73. The quantitative estimate of drug-likeness (QED) is 0.768. The van der Waals surface area contributed by atoms with Crippen LogP contribution in [0, 0.1) is 11.3 Å². The molecule has 14 heavy (non-hydrogen) atoms. The lowest BCUT2D eigenvalue weighted by Crippen LogP contribution is -2.03. The molecule has 0 unspecified atom stereocenters. The van der Waals surface area contributed by atoms with Crippen molar-refractivity contribution in [2.75, 3.05) is 0 Å². The van der Waals surface area contributed by atoms with Crippen LogP contribution in [0.3, 0.4) is 0 Å². The summed E-state index contributed by atoms with van der Waals surface area (Å²) in [5, 5.41) is 8.87. The molecular weight excluding hydrogens is 178 g/mol. The standard InChI is InChI=1S/C10H11N3O/c11-4-7-3-8(5-12)13-6-10(7)14-9-1-2-9/h3,6,9H,1-2,5,12H2. The molecule has 1 heterocycles. The topological polar surface area (TPSA) is 71.9 Å². The molecular formula is C10H11N3O. The van der Waals surface area contributed by atoms with Crippen molar-refractivity contribution in [3.8, 4) is 11.8 Å². The van der Waals surface area contributed by atoms with E-state index in [0.29, 0.717) is 23.6 Å². The Balaban J connectivity index is 2.25. The Morgan fingerprint density at radius 1 is 1.64 bits per heavy atom. The molecule has 0 radical (unpaired) electrons. The number of ether oxygens (including phenoxy) is 1. The number of hydrogen-bond acceptors (Lipinski definition) is 4. The van der Waals surface area contributed by atoms with Crippen LogP contribution in [0.4, 0.5) is 0 Å². The van der Waals surface area contributed by atoms with Crippen molar-refractivity contribution in [3.63, 3.8) is 0 Å². The molecule has 0 atom stereocenters. The van der Waals surface area contributed by atoms with Crippen molar-refractivity contribution in [2.24, 2.45) is 5.73 Å². The van der Waals surface area contributed by atoms with Crippen LogP contribution in [0.5, 0.6) is 5.75 Å². The molecule has 1 saturated carbocycles. The Bertz CT molecular complexity index is 379. The summed E-state index contributed by atoms with van der Waals surface area (Å²) in [7, 11) is 0. The summed E-state index contributed by atoms with van der Waals surface area (Å²) in [5.74, 6) is 0.576. The van der Waals surface area contributed by atoms with Crippen molar-refractivity contribution < 1.29 is 4.74 Å². The molecule has 4 heteroatoms. The predicted octanol–water partition coefficient (Wildman–Crippen LogP) is 0.953. The van der Waals surface area contributed by atoms with E-state index < -0.39 is 0 Å². The van der Waals surface area contributed by atoms with Crippen molar-refractivity contribution in [2.45, 2.75) is 25.5 Å². The van der Waals surface area contributed by atoms with Crippen molar-refractivity contribution in [1.29, 1.82) is 5.26 Å². The Hall–Kier alpha value is -1.60. The van der Waals surface area contributed by atoms with E-state index in [1.807, 2.05) is 0 Å². The zero-order chi connectivity index (χ0) is 9.97. The van der Waals surface area contributed by atoms with Crippen LogP contribution in [-0.2, 0) is 6.54 Å². The highest BCUT2D eigenvalue weighted by Gasteiger charge is 2.24. The largest absolute Gasteiger partial charge is 0.487 e. The highest BCUT2D eigenvalue weighted by Crippen LogP contribution is 2.28. The first kappa shape index (κ1) is 8.97. The molecule has 0 saturated heterocycles. The van der Waals surface area contributed by atoms with Gasteiger partial charge in [-0.2, -0.15) is 5.26 Å². The number of nitriles is 1. The molecule has 1 aliphatic carbocycles. The third kappa shape index (κ3) is 1.83. The van der Waals surface area contributed by atoms with Gasteiger partial charge in [0, 0.05) is 6.54 Å². The molecule has 0 spiro atoms. The summed E-state index contributed by atoms with van der Waals surface area (Å²) in [6.45, 7) is 0.346. The minimum absolute atomic E-state index is 0.285. The zero-order valence-corrected chi connectivity index (χ0v) is 7.73. The Labute approximate surface area is 82.3 Å². The number of rotatable bonds is 3. The van der Waals surface area contributed by atoms with Gasteiger partial charge in [0.15, 0.2) is 5.75 Å². The van der Waals surface area contributed by atoms with Crippen LogP contribution in [0.25, 0.3) is 0 Å². The highest BCUT2D eigenvalue weighted by molar-refractivity contribution is 5.42. The SMILES string of the molecule is N#Cc1cc(CN)ncc1OC1CC1. The van der Waals surface area contributed by atoms with Crippen LogP contribution < -0.4 is 10.5 Å². The normalized spacial score (nSPS) is 14.9. The molecule has 0 aromatic carbocycles. The van der Waals surface area contributed by atoms with Crippen LogP contribution in [0.15, 0.2) is 12.3 Å². The van der Waals surface area contributed by atoms with Crippen LogP contribution in [0.2, 0.25) is 0 Å². The molecule has 72 valence electrons. The van der Waals surface area contributed by atoms with Gasteiger partial charge in [0.2, 0.25) is 0 Å². The van der Waals surface area contributed by atoms with Gasteiger partial charge in [0.1, 0.15) is 6.07 Å². The van der Waals surface area contributed by atoms with Crippen LogP contribution >= 0.6 is 0 Å². The summed E-state index contributed by atoms with van der Waals surface area (Å²) in [6, 6.07) is 3.76. The van der Waals surface area contributed by atoms with E-state index in [0.717, 1.165) is 12.8 Å². The fraction of sp³-hybridized carbons (Fsp3) is 0.400. The summed E-state index contributed by atoms with van der Waals surface area (Å²) in [5.41, 5.74) is 6.66. The molecule has 4 nitrogen and oxygen atoms in total. The van der Waals surface area contributed by atoms with E-state index in [2.05, 4.69) is 11.1 Å². The number of nitrogens with zero attached hydrogens (tertiary/aromatic N) is 2. The Kier molecular flexibility index (Phi) is 2.33. The van der Waals surface area contributed by atoms with Gasteiger partial charge in [-0.15, -0.1) is 0 Å². The van der Waals surface area contributed by atoms with Crippen molar-refractivity contribution >= 4 is 0 Å². The Morgan fingerprint density at radius 2 is 2.43 bits per heavy atom. The van der Waals surface area contributed by atoms with E-state index in [-0.39, 0.29) is 6.10 Å². The number of nitrogens with two attached hydrogens (primary N) is 1. The van der Waals surface area contributed by atoms with Gasteiger partial charge < -0.3 is 10.5 Å². The number of pyridine rings is 1. The molecule has 0 aliphatic heterocycles. The van der Waals surface area contributed by atoms with Crippen LogP contribution in [-0.4, -0.2) is 11.1 Å². The number of hydrogen-bond donors (Lipinski definition) is 1. The molecule has 1 fully saturated rings. The molecule has 1 aromatic rings. The van der Waals surface area contributed by atoms with Gasteiger partial charge in [0.25, 0.3) is 0 Å². The number of aromatic nitrogens is 1. The van der Waals surface area contributed by atoms with Gasteiger partial charge in [-0.25, -0.2) is 0 Å². The lowest BCUT2D eigenvalue weighted by Gasteiger charge is -2.06. The lowest BCUT2D eigenvalue weighted by molar-refractivity contribution is 0.301. The average Bonchev–Trinajstić information content (AvgIpc) is 3.02. The van der Waals surface area contributed by atoms with Crippen molar-refractivity contribution in [1.82, 2.24) is 4.98 Å². The third-order valence-electron chi connectivity index (χ3n) is 2.07. The van der Waals surface area contributed by atoms with Gasteiger partial charge in [-0.05, 0) is 18.9 Å². The second kappa shape index (κ2) is 3.64. The molecule has 0 bridgehead atoms. The highest BCUT2D eigenvalue weighted by atomic mass is 16.5. The summed E-state index contributed by atoms with van der Waals surface area (Å²) < 4.78 is 5.52. The molecule has 1 aromatic heterocycles. The maximum absolute atomic E-state index is 8.87. The van der Waals surface area contributed by atoms with E-state index in [1.54, 1.807) is 12.3 Å². The summed E-state index contributed by atoms with van der Waals surface area (Å²) in [6.07, 6.45) is 4.01. The molecule has 2 N–H and O–H groups in total. The van der Waals surface area contributed by atoms with Gasteiger partial charge >= 0.3 is 0 Å². The molecule has 2 rings (SSSR count). The second-order valence-electron chi connectivity index (χ2n) is 3.30. The third-order valence-corrected chi connectivity index (χ3v) is 2.07. The minimum Gasteiger partial charge on any atom is -0.487 e. The molecule has 0 amide bonds. The summed E-state index contributed by atoms with van der Waals surface area (Å²) in [4.78, 5) is 4.09. The Morgan fingerprint density at radius 3 is 3.00 bits per heavy atom. The van der Waals surface area contributed by atoms with Crippen molar-refractivity contribution in [3.05, 3.63) is 23.5 Å². The van der Waals surface area contributed by atoms with E-state index >= 15 is 0 Å². The van der Waals surface area contributed by atoms with E-state index in [9.17, 15) is 0 Å². The molecule has 1 aliphatic rings. The maximum atomic E-state index is 8.87. The van der Waals surface area contributed by atoms with Crippen LogP contribution in [0.1, 0.15) is 24.1 Å². The lowest BCUT2D eigenvalue weighted by atomic mass is 10.2. The van der Waals surface area contributed by atoms with Gasteiger partial charge in [-0.1, -0.05) is 0 Å². The fourth-order valence-electron chi connectivity index (χ4n) is 1.14. The second-order valence-corrected chi connectivity index (χ2v) is 3.30. The first-order chi connectivity index (χ1) is 6.83. The minimum atomic E-state index is 0.285. The smallest absolute Gasteiger partial charge is 0.155 e. The van der Waals surface area contributed by atoms with Gasteiger partial charge in [0.05, 0.1) is 23.6 Å². The summed E-state index contributed by atoms with van der Waals surface area (Å²) >= 11 is 0.